The largest absolute Gasteiger partial charge is 0.497 e. The molecule has 0 radical (unpaired) electrons. The molecular formula is C24H20N2O3. The summed E-state index contributed by atoms with van der Waals surface area (Å²) in [7, 11) is 1.69. The van der Waals surface area contributed by atoms with E-state index in [4.69, 9.17) is 13.8 Å². The van der Waals surface area contributed by atoms with Crippen molar-refractivity contribution in [2.75, 3.05) is 7.11 Å². The predicted molar refractivity (Wildman–Crippen MR) is 109 cm³/mol. The molecular weight excluding hydrogens is 364 g/mol. The van der Waals surface area contributed by atoms with Crippen LogP contribution in [0.2, 0.25) is 0 Å². The van der Waals surface area contributed by atoms with Crippen LogP contribution < -0.4 is 4.74 Å². The van der Waals surface area contributed by atoms with Crippen LogP contribution >= 0.6 is 0 Å². The quantitative estimate of drug-likeness (QED) is 0.477. The monoisotopic (exact) mass is 384 g/mol. The standard InChI is InChI=1S/C24H20N2O3/c1-13-3-7-17-14(11-13)4-8-19-21(25-28-23(17)19)22-20-9-5-15-12-16(27-2)6-10-18(15)24(20)29-26-22/h3,6-7,10-12H,4-5,8-9H2,1-2H3. The van der Waals surface area contributed by atoms with Crippen LogP contribution in [0.3, 0.4) is 0 Å². The average Bonchev–Trinajstić information content (AvgIpc) is 3.36. The van der Waals surface area contributed by atoms with Crippen molar-refractivity contribution in [1.29, 1.82) is 0 Å². The van der Waals surface area contributed by atoms with Crippen molar-refractivity contribution in [3.05, 3.63) is 64.2 Å². The number of benzene rings is 2. The number of hydrogen-bond donors (Lipinski definition) is 0. The molecule has 2 aromatic carbocycles. The highest BCUT2D eigenvalue weighted by molar-refractivity contribution is 5.80. The fourth-order valence-corrected chi connectivity index (χ4v) is 4.67. The molecule has 0 saturated heterocycles. The molecule has 2 aromatic heterocycles. The molecule has 2 aliphatic rings. The van der Waals surface area contributed by atoms with Crippen molar-refractivity contribution in [1.82, 2.24) is 10.3 Å². The van der Waals surface area contributed by atoms with Crippen LogP contribution in [-0.4, -0.2) is 17.4 Å². The fourth-order valence-electron chi connectivity index (χ4n) is 4.67. The van der Waals surface area contributed by atoms with Crippen LogP contribution in [0.4, 0.5) is 0 Å². The molecule has 5 nitrogen and oxygen atoms in total. The molecule has 4 aromatic rings. The van der Waals surface area contributed by atoms with Gasteiger partial charge in [0.15, 0.2) is 11.5 Å². The molecule has 5 heteroatoms. The van der Waals surface area contributed by atoms with Crippen LogP contribution in [0.25, 0.3) is 34.0 Å². The minimum absolute atomic E-state index is 0.821. The molecule has 0 fully saturated rings. The van der Waals surface area contributed by atoms with Gasteiger partial charge >= 0.3 is 0 Å². The third-order valence-electron chi connectivity index (χ3n) is 6.15. The van der Waals surface area contributed by atoms with Gasteiger partial charge in [-0.05, 0) is 61.9 Å². The Morgan fingerprint density at radius 1 is 0.759 bits per heavy atom. The molecule has 2 aliphatic carbocycles. The Morgan fingerprint density at radius 3 is 1.97 bits per heavy atom. The Hall–Kier alpha value is -3.34. The van der Waals surface area contributed by atoms with Crippen LogP contribution in [0.15, 0.2) is 45.4 Å². The molecule has 0 saturated carbocycles. The Balaban J connectivity index is 1.46. The number of ether oxygens (including phenoxy) is 1. The smallest absolute Gasteiger partial charge is 0.171 e. The third-order valence-corrected chi connectivity index (χ3v) is 6.15. The van der Waals surface area contributed by atoms with E-state index < -0.39 is 0 Å². The van der Waals surface area contributed by atoms with Crippen LogP contribution in [-0.2, 0) is 25.7 Å². The normalized spacial score (nSPS) is 14.0. The van der Waals surface area contributed by atoms with E-state index in [1.165, 1.54) is 16.7 Å². The summed E-state index contributed by atoms with van der Waals surface area (Å²) in [5, 5.41) is 8.87. The number of methoxy groups -OCH3 is 1. The van der Waals surface area contributed by atoms with Gasteiger partial charge < -0.3 is 13.8 Å². The molecule has 0 atom stereocenters. The van der Waals surface area contributed by atoms with E-state index in [1.807, 2.05) is 6.07 Å². The average molecular weight is 384 g/mol. The second kappa shape index (κ2) is 6.08. The van der Waals surface area contributed by atoms with Crippen molar-refractivity contribution in [3.8, 4) is 39.8 Å². The lowest BCUT2D eigenvalue weighted by Gasteiger charge is -2.16. The van der Waals surface area contributed by atoms with E-state index in [1.54, 1.807) is 7.11 Å². The lowest BCUT2D eigenvalue weighted by atomic mass is 9.86. The van der Waals surface area contributed by atoms with Gasteiger partial charge in [0.25, 0.3) is 0 Å². The number of hydrogen-bond acceptors (Lipinski definition) is 5. The topological polar surface area (TPSA) is 61.3 Å². The summed E-state index contributed by atoms with van der Waals surface area (Å²) in [5.74, 6) is 2.58. The first-order valence-corrected chi connectivity index (χ1v) is 9.97. The first kappa shape index (κ1) is 16.6. The van der Waals surface area contributed by atoms with Gasteiger partial charge in [-0.25, -0.2) is 0 Å². The summed E-state index contributed by atoms with van der Waals surface area (Å²) in [5.41, 5.74) is 9.96. The van der Waals surface area contributed by atoms with Gasteiger partial charge in [-0.2, -0.15) is 0 Å². The highest BCUT2D eigenvalue weighted by Crippen LogP contribution is 2.43. The second-order valence-corrected chi connectivity index (χ2v) is 7.86. The summed E-state index contributed by atoms with van der Waals surface area (Å²) in [4.78, 5) is 0. The van der Waals surface area contributed by atoms with E-state index in [-0.39, 0.29) is 0 Å². The zero-order valence-corrected chi connectivity index (χ0v) is 16.4. The van der Waals surface area contributed by atoms with E-state index in [0.29, 0.717) is 0 Å². The lowest BCUT2D eigenvalue weighted by Crippen LogP contribution is -2.05. The second-order valence-electron chi connectivity index (χ2n) is 7.86. The minimum Gasteiger partial charge on any atom is -0.497 e. The number of nitrogens with zero attached hydrogens (tertiary/aromatic N) is 2. The highest BCUT2D eigenvalue weighted by atomic mass is 16.5. The zero-order chi connectivity index (χ0) is 19.5. The first-order valence-electron chi connectivity index (χ1n) is 9.97. The molecule has 0 bridgehead atoms. The zero-order valence-electron chi connectivity index (χ0n) is 16.4. The van der Waals surface area contributed by atoms with E-state index in [9.17, 15) is 0 Å². The number of rotatable bonds is 2. The molecule has 6 rings (SSSR count). The summed E-state index contributed by atoms with van der Waals surface area (Å²) in [6.45, 7) is 2.12. The molecule has 144 valence electrons. The Bertz CT molecular complexity index is 1270. The highest BCUT2D eigenvalue weighted by Gasteiger charge is 2.31. The SMILES string of the molecule is COc1ccc2c(c1)CCc1c(-c3noc4c3CCc3cc(C)ccc3-4)noc1-2. The van der Waals surface area contributed by atoms with Crippen molar-refractivity contribution < 1.29 is 13.8 Å². The van der Waals surface area contributed by atoms with E-state index >= 15 is 0 Å². The van der Waals surface area contributed by atoms with Gasteiger partial charge in [0.1, 0.15) is 17.1 Å². The molecule has 0 aliphatic heterocycles. The number of aromatic nitrogens is 2. The molecule has 2 heterocycles. The van der Waals surface area contributed by atoms with E-state index in [2.05, 4.69) is 47.6 Å². The van der Waals surface area contributed by atoms with Gasteiger partial charge in [0, 0.05) is 22.3 Å². The summed E-state index contributed by atoms with van der Waals surface area (Å²) in [6, 6.07) is 12.6. The molecule has 0 unspecified atom stereocenters. The number of aryl methyl sites for hydroxylation is 3. The van der Waals surface area contributed by atoms with Crippen molar-refractivity contribution >= 4 is 0 Å². The minimum atomic E-state index is 0.821. The summed E-state index contributed by atoms with van der Waals surface area (Å²) >= 11 is 0. The number of fused-ring (bicyclic) bond motifs is 6. The third kappa shape index (κ3) is 2.40. The van der Waals surface area contributed by atoms with Gasteiger partial charge in [-0.3, -0.25) is 0 Å². The van der Waals surface area contributed by atoms with Crippen LogP contribution in [0, 0.1) is 6.92 Å². The van der Waals surface area contributed by atoms with Crippen LogP contribution in [0.1, 0.15) is 27.8 Å². The first-order chi connectivity index (χ1) is 14.2. The molecule has 0 spiro atoms. The van der Waals surface area contributed by atoms with Gasteiger partial charge in [-0.1, -0.05) is 34.1 Å². The van der Waals surface area contributed by atoms with Crippen molar-refractivity contribution in [2.24, 2.45) is 0 Å². The predicted octanol–water partition coefficient (Wildman–Crippen LogP) is 5.18. The lowest BCUT2D eigenvalue weighted by molar-refractivity contribution is 0.413. The Kier molecular flexibility index (Phi) is 3.48. The van der Waals surface area contributed by atoms with Gasteiger partial charge in [0.05, 0.1) is 7.11 Å². The Morgan fingerprint density at radius 2 is 1.34 bits per heavy atom. The molecule has 0 amide bonds. The molecule has 0 N–H and O–H groups in total. The van der Waals surface area contributed by atoms with Crippen molar-refractivity contribution in [2.45, 2.75) is 32.6 Å². The Labute approximate surface area is 168 Å². The van der Waals surface area contributed by atoms with Crippen molar-refractivity contribution in [3.63, 3.8) is 0 Å². The molecule has 29 heavy (non-hydrogen) atoms. The maximum atomic E-state index is 5.82. The van der Waals surface area contributed by atoms with Gasteiger partial charge in [0.2, 0.25) is 0 Å². The van der Waals surface area contributed by atoms with Crippen LogP contribution in [0.5, 0.6) is 5.75 Å². The maximum absolute atomic E-state index is 5.82. The fraction of sp³-hybridized carbons (Fsp3) is 0.250. The summed E-state index contributed by atoms with van der Waals surface area (Å²) in [6.07, 6.45) is 3.68. The maximum Gasteiger partial charge on any atom is 0.171 e. The summed E-state index contributed by atoms with van der Waals surface area (Å²) < 4.78 is 17.0. The van der Waals surface area contributed by atoms with E-state index in [0.717, 1.165) is 76.6 Å². The van der Waals surface area contributed by atoms with Gasteiger partial charge in [-0.15, -0.1) is 0 Å².